The molecule has 0 radical (unpaired) electrons. The van der Waals surface area contributed by atoms with Gasteiger partial charge in [0.15, 0.2) is 6.23 Å². The predicted octanol–water partition coefficient (Wildman–Crippen LogP) is -0.161. The Hall–Kier alpha value is -1.20. The molecule has 8 nitrogen and oxygen atoms in total. The quantitative estimate of drug-likeness (QED) is 0.565. The largest absolute Gasteiger partial charge is 0.465 e. The van der Waals surface area contributed by atoms with Gasteiger partial charge in [-0.15, -0.1) is 0 Å². The molecule has 0 bridgehead atoms. The van der Waals surface area contributed by atoms with Crippen LogP contribution in [-0.4, -0.2) is 40.3 Å². The van der Waals surface area contributed by atoms with E-state index in [-0.39, 0.29) is 13.0 Å². The van der Waals surface area contributed by atoms with Crippen molar-refractivity contribution in [2.24, 2.45) is 0 Å². The number of hydroxylamine groups is 2. The number of aromatic nitrogens is 2. The van der Waals surface area contributed by atoms with Crippen LogP contribution in [0.4, 0.5) is 0 Å². The molecule has 0 unspecified atom stereocenters. The van der Waals surface area contributed by atoms with Crippen LogP contribution < -0.4 is 11.2 Å². The summed E-state index contributed by atoms with van der Waals surface area (Å²) in [6, 6.07) is -0.573. The van der Waals surface area contributed by atoms with E-state index in [9.17, 15) is 14.4 Å². The Morgan fingerprint density at radius 2 is 2.30 bits per heavy atom. The first kappa shape index (κ1) is 15.2. The van der Waals surface area contributed by atoms with Crippen LogP contribution in [0.3, 0.4) is 0 Å². The molecule has 1 aliphatic heterocycles. The van der Waals surface area contributed by atoms with Gasteiger partial charge < -0.3 is 4.74 Å². The summed E-state index contributed by atoms with van der Waals surface area (Å²) >= 11 is 1.83. The Morgan fingerprint density at radius 3 is 2.95 bits per heavy atom. The second-order valence-corrected chi connectivity index (χ2v) is 5.42. The average Bonchev–Trinajstić information content (AvgIpc) is 2.76. The number of rotatable bonds is 3. The number of hydrogen-bond acceptors (Lipinski definition) is 6. The van der Waals surface area contributed by atoms with Gasteiger partial charge in [-0.05, 0) is 29.5 Å². The van der Waals surface area contributed by atoms with Crippen molar-refractivity contribution in [3.05, 3.63) is 30.6 Å². The Balaban J connectivity index is 2.24. The van der Waals surface area contributed by atoms with E-state index < -0.39 is 29.5 Å². The lowest BCUT2D eigenvalue weighted by molar-refractivity contribution is -0.182. The van der Waals surface area contributed by atoms with Gasteiger partial charge in [0.1, 0.15) is 6.04 Å². The molecule has 1 fully saturated rings. The number of H-pyrrole nitrogens is 1. The molecule has 110 valence electrons. The van der Waals surface area contributed by atoms with E-state index in [2.05, 4.69) is 4.98 Å². The highest BCUT2D eigenvalue weighted by atomic mass is 127. The van der Waals surface area contributed by atoms with Crippen molar-refractivity contribution in [3.8, 4) is 0 Å². The number of ether oxygens (including phenoxy) is 1. The topological polar surface area (TPSA) is 93.6 Å². The highest BCUT2D eigenvalue weighted by Crippen LogP contribution is 2.27. The van der Waals surface area contributed by atoms with E-state index in [1.54, 1.807) is 14.0 Å². The molecule has 1 aliphatic rings. The number of carbonyl (C=O) groups is 1. The molecule has 1 aromatic rings. The van der Waals surface area contributed by atoms with Crippen LogP contribution in [0.5, 0.6) is 0 Å². The van der Waals surface area contributed by atoms with E-state index in [0.717, 1.165) is 0 Å². The number of aromatic amines is 1. The molecule has 0 amide bonds. The summed E-state index contributed by atoms with van der Waals surface area (Å²) in [6.45, 7) is 2.00. The van der Waals surface area contributed by atoms with Crippen LogP contribution in [-0.2, 0) is 14.4 Å². The van der Waals surface area contributed by atoms with E-state index in [1.807, 2.05) is 22.6 Å². The highest BCUT2D eigenvalue weighted by molar-refractivity contribution is 14.1. The van der Waals surface area contributed by atoms with Crippen LogP contribution in [0.15, 0.2) is 15.8 Å². The number of halogens is 1. The molecule has 9 heteroatoms. The van der Waals surface area contributed by atoms with Crippen molar-refractivity contribution in [1.29, 1.82) is 0 Å². The van der Waals surface area contributed by atoms with Crippen molar-refractivity contribution >= 4 is 28.6 Å². The SMILES string of the molecule is CCOC(=O)[C@H]1C[C@H](n2cc(I)c(=O)[nH]c2=O)ON1C. The van der Waals surface area contributed by atoms with E-state index in [1.165, 1.54) is 15.8 Å². The molecule has 2 rings (SSSR count). The Morgan fingerprint density at radius 1 is 1.60 bits per heavy atom. The zero-order chi connectivity index (χ0) is 14.9. The molecule has 0 aliphatic carbocycles. The van der Waals surface area contributed by atoms with Crippen molar-refractivity contribution < 1.29 is 14.4 Å². The zero-order valence-electron chi connectivity index (χ0n) is 11.0. The summed E-state index contributed by atoms with van der Waals surface area (Å²) in [5, 5.41) is 1.37. The zero-order valence-corrected chi connectivity index (χ0v) is 13.1. The van der Waals surface area contributed by atoms with E-state index >= 15 is 0 Å². The fraction of sp³-hybridized carbons (Fsp3) is 0.545. The standard InChI is InChI=1S/C11H14IN3O5/c1-3-19-10(17)7-4-8(20-14(7)2)15-5-6(12)9(16)13-11(15)18/h5,7-8H,3-4H2,1-2H3,(H,13,16,18)/t7-,8-/m1/s1. The highest BCUT2D eigenvalue weighted by Gasteiger charge is 2.38. The van der Waals surface area contributed by atoms with Crippen molar-refractivity contribution in [1.82, 2.24) is 14.6 Å². The van der Waals surface area contributed by atoms with Crippen LogP contribution in [0.1, 0.15) is 19.6 Å². The van der Waals surface area contributed by atoms with Crippen LogP contribution in [0.25, 0.3) is 0 Å². The van der Waals surface area contributed by atoms with E-state index in [0.29, 0.717) is 3.57 Å². The number of nitrogens with zero attached hydrogens (tertiary/aromatic N) is 2. The molecule has 1 N–H and O–H groups in total. The summed E-state index contributed by atoms with van der Waals surface area (Å²) in [7, 11) is 1.60. The monoisotopic (exact) mass is 395 g/mol. The van der Waals surface area contributed by atoms with Gasteiger partial charge in [-0.2, -0.15) is 5.06 Å². The average molecular weight is 395 g/mol. The second-order valence-electron chi connectivity index (χ2n) is 4.25. The molecule has 1 saturated heterocycles. The van der Waals surface area contributed by atoms with Gasteiger partial charge in [0.25, 0.3) is 5.56 Å². The maximum atomic E-state index is 11.8. The molecular formula is C11H14IN3O5. The summed E-state index contributed by atoms with van der Waals surface area (Å²) < 4.78 is 6.58. The van der Waals surface area contributed by atoms with Gasteiger partial charge >= 0.3 is 11.7 Å². The lowest BCUT2D eigenvalue weighted by Gasteiger charge is -2.15. The van der Waals surface area contributed by atoms with Gasteiger partial charge in [0.05, 0.1) is 10.2 Å². The number of carbonyl (C=O) groups excluding carboxylic acids is 1. The Bertz CT molecular complexity index is 625. The number of esters is 1. The molecule has 0 spiro atoms. The van der Waals surface area contributed by atoms with Gasteiger partial charge in [-0.1, -0.05) is 0 Å². The van der Waals surface area contributed by atoms with Gasteiger partial charge in [0, 0.05) is 19.7 Å². The van der Waals surface area contributed by atoms with Crippen molar-refractivity contribution in [3.63, 3.8) is 0 Å². The first-order valence-electron chi connectivity index (χ1n) is 6.01. The lowest BCUT2D eigenvalue weighted by atomic mass is 10.2. The number of hydrogen-bond donors (Lipinski definition) is 1. The maximum Gasteiger partial charge on any atom is 0.330 e. The van der Waals surface area contributed by atoms with Crippen LogP contribution >= 0.6 is 22.6 Å². The smallest absolute Gasteiger partial charge is 0.330 e. The summed E-state index contributed by atoms with van der Waals surface area (Å²) in [5.74, 6) is -0.398. The van der Waals surface area contributed by atoms with Gasteiger partial charge in [-0.3, -0.25) is 24.0 Å². The number of likely N-dealkylation sites (N-methyl/N-ethyl adjacent to an activating group) is 1. The molecule has 20 heavy (non-hydrogen) atoms. The third kappa shape index (κ3) is 2.94. The van der Waals surface area contributed by atoms with E-state index in [4.69, 9.17) is 9.57 Å². The van der Waals surface area contributed by atoms with Crippen molar-refractivity contribution in [2.75, 3.05) is 13.7 Å². The van der Waals surface area contributed by atoms with Gasteiger partial charge in [0.2, 0.25) is 0 Å². The molecule has 1 aromatic heterocycles. The normalized spacial score (nSPS) is 22.9. The van der Waals surface area contributed by atoms with Gasteiger partial charge in [-0.25, -0.2) is 4.79 Å². The molecule has 0 aromatic carbocycles. The minimum absolute atomic E-state index is 0.275. The maximum absolute atomic E-state index is 11.8. The minimum Gasteiger partial charge on any atom is -0.465 e. The van der Waals surface area contributed by atoms with Crippen LogP contribution in [0, 0.1) is 3.57 Å². The molecule has 2 heterocycles. The fourth-order valence-corrected chi connectivity index (χ4v) is 2.40. The number of nitrogens with one attached hydrogen (secondary N) is 1. The molecular weight excluding hydrogens is 381 g/mol. The summed E-state index contributed by atoms with van der Waals surface area (Å²) in [4.78, 5) is 42.5. The lowest BCUT2D eigenvalue weighted by Crippen LogP contribution is -2.33. The van der Waals surface area contributed by atoms with Crippen molar-refractivity contribution in [2.45, 2.75) is 25.6 Å². The fourth-order valence-electron chi connectivity index (χ4n) is 1.97. The minimum atomic E-state index is -0.646. The first-order valence-corrected chi connectivity index (χ1v) is 7.09. The third-order valence-corrected chi connectivity index (χ3v) is 3.71. The first-order chi connectivity index (χ1) is 9.43. The Labute approximate surface area is 127 Å². The summed E-state index contributed by atoms with van der Waals surface area (Å²) in [6.07, 6.45) is 1.04. The molecule has 2 atom stereocenters. The predicted molar refractivity (Wildman–Crippen MR) is 77.0 cm³/mol. The summed E-state index contributed by atoms with van der Waals surface area (Å²) in [5.41, 5.74) is -1.02. The Kier molecular flexibility index (Phi) is 4.60. The molecule has 0 saturated carbocycles. The second kappa shape index (κ2) is 6.06. The van der Waals surface area contributed by atoms with Crippen LogP contribution in [0.2, 0.25) is 0 Å². The third-order valence-electron chi connectivity index (χ3n) is 2.95.